The molecule has 0 aromatic rings. The van der Waals surface area contributed by atoms with Crippen LogP contribution >= 0.6 is 0 Å². The molecule has 27 heavy (non-hydrogen) atoms. The van der Waals surface area contributed by atoms with E-state index in [-0.39, 0.29) is 24.0 Å². The van der Waals surface area contributed by atoms with Gasteiger partial charge in [0, 0.05) is 17.4 Å². The molecule has 6 heteroatoms. The van der Waals surface area contributed by atoms with Crippen LogP contribution in [0.25, 0.3) is 0 Å². The molecule has 0 saturated heterocycles. The van der Waals surface area contributed by atoms with Gasteiger partial charge in [0.15, 0.2) is 5.78 Å². The molecule has 0 aromatic heterocycles. The van der Waals surface area contributed by atoms with Crippen LogP contribution in [-0.4, -0.2) is 40.1 Å². The van der Waals surface area contributed by atoms with E-state index in [1.807, 2.05) is 13.8 Å². The van der Waals surface area contributed by atoms with E-state index in [9.17, 15) is 19.5 Å². The monoisotopic (exact) mass is 374 g/mol. The molecule has 5 unspecified atom stereocenters. The van der Waals surface area contributed by atoms with Gasteiger partial charge in [-0.15, -0.1) is 0 Å². The van der Waals surface area contributed by atoms with Crippen molar-refractivity contribution >= 4 is 17.7 Å². The Hall–Kier alpha value is -2.47. The Bertz CT molecular complexity index is 729. The van der Waals surface area contributed by atoms with Crippen LogP contribution in [0.5, 0.6) is 0 Å². The molecular formula is C21H26O6. The van der Waals surface area contributed by atoms with E-state index in [1.54, 1.807) is 31.2 Å². The second-order valence-corrected chi connectivity index (χ2v) is 7.51. The molecule has 2 rings (SSSR count). The van der Waals surface area contributed by atoms with E-state index in [0.717, 1.165) is 5.57 Å². The topological polar surface area (TPSA) is 101 Å². The first-order valence-corrected chi connectivity index (χ1v) is 9.03. The number of carbonyl (C=O) groups is 3. The van der Waals surface area contributed by atoms with E-state index in [4.69, 9.17) is 9.84 Å². The van der Waals surface area contributed by atoms with Crippen molar-refractivity contribution in [3.05, 3.63) is 48.1 Å². The molecule has 0 radical (unpaired) electrons. The lowest BCUT2D eigenvalue weighted by Gasteiger charge is -2.45. The van der Waals surface area contributed by atoms with Crippen LogP contribution in [0.4, 0.5) is 0 Å². The number of carbonyl (C=O) groups excluding carboxylic acids is 2. The van der Waals surface area contributed by atoms with Crippen LogP contribution in [0.3, 0.4) is 0 Å². The van der Waals surface area contributed by atoms with Gasteiger partial charge >= 0.3 is 11.9 Å². The van der Waals surface area contributed by atoms with Gasteiger partial charge < -0.3 is 14.9 Å². The predicted octanol–water partition coefficient (Wildman–Crippen LogP) is 2.59. The summed E-state index contributed by atoms with van der Waals surface area (Å²) in [5.41, 5.74) is 0.409. The fourth-order valence-corrected chi connectivity index (χ4v) is 3.50. The Kier molecular flexibility index (Phi) is 6.54. The molecule has 0 spiro atoms. The Morgan fingerprint density at radius 3 is 2.78 bits per heavy atom. The quantitative estimate of drug-likeness (QED) is 0.421. The minimum atomic E-state index is -1.03. The van der Waals surface area contributed by atoms with Gasteiger partial charge in [-0.2, -0.15) is 0 Å². The number of hydrogen-bond donors (Lipinski definition) is 2. The number of aliphatic hydroxyl groups excluding tert-OH is 1. The smallest absolute Gasteiger partial charge is 0.331 e. The Labute approximate surface area is 158 Å². The zero-order chi connectivity index (χ0) is 20.2. The second kappa shape index (κ2) is 8.48. The van der Waals surface area contributed by atoms with Gasteiger partial charge in [-0.3, -0.25) is 9.59 Å². The molecule has 0 bridgehead atoms. The van der Waals surface area contributed by atoms with Crippen LogP contribution in [0.1, 0.15) is 33.6 Å². The Morgan fingerprint density at radius 2 is 2.11 bits per heavy atom. The lowest BCUT2D eigenvalue weighted by molar-refractivity contribution is -0.146. The summed E-state index contributed by atoms with van der Waals surface area (Å²) >= 11 is 0. The number of ketones is 1. The van der Waals surface area contributed by atoms with Crippen molar-refractivity contribution in [1.82, 2.24) is 0 Å². The molecular weight excluding hydrogens is 348 g/mol. The number of fused-ring (bicyclic) bond motifs is 1. The maximum absolute atomic E-state index is 12.1. The van der Waals surface area contributed by atoms with E-state index in [2.05, 4.69) is 0 Å². The first-order valence-electron chi connectivity index (χ1n) is 9.03. The highest BCUT2D eigenvalue weighted by Gasteiger charge is 2.46. The average Bonchev–Trinajstić information content (AvgIpc) is 2.57. The Morgan fingerprint density at radius 1 is 1.41 bits per heavy atom. The fraction of sp³-hybridized carbons (Fsp3) is 0.476. The van der Waals surface area contributed by atoms with Gasteiger partial charge in [0.25, 0.3) is 0 Å². The largest absolute Gasteiger partial charge is 0.481 e. The van der Waals surface area contributed by atoms with Crippen molar-refractivity contribution in [2.75, 3.05) is 0 Å². The zero-order valence-electron chi connectivity index (χ0n) is 15.8. The van der Waals surface area contributed by atoms with E-state index in [1.165, 1.54) is 18.2 Å². The summed E-state index contributed by atoms with van der Waals surface area (Å²) in [7, 11) is 0. The standard InChI is InChI=1S/C21H26O6/c1-13(10-19(24)25)6-4-5-7-20(26)27-18-9-8-15-11-16(22)17(23)12-21(15,3)14(18)2/h4-9,11,13-14,17-18,23H,10,12H2,1-3H3,(H,24,25). The number of hydrogen-bond acceptors (Lipinski definition) is 5. The number of aliphatic carboxylic acids is 1. The molecule has 0 amide bonds. The summed E-state index contributed by atoms with van der Waals surface area (Å²) in [6.07, 6.45) is 10.0. The van der Waals surface area contributed by atoms with Gasteiger partial charge in [-0.05, 0) is 30.1 Å². The number of allylic oxidation sites excluding steroid dienone is 5. The highest BCUT2D eigenvalue weighted by molar-refractivity contribution is 5.96. The maximum atomic E-state index is 12.1. The van der Waals surface area contributed by atoms with Gasteiger partial charge in [0.2, 0.25) is 0 Å². The zero-order valence-corrected chi connectivity index (χ0v) is 15.8. The molecule has 2 aliphatic carbocycles. The summed E-state index contributed by atoms with van der Waals surface area (Å²) < 4.78 is 5.52. The molecule has 0 aromatic carbocycles. The molecule has 0 heterocycles. The molecule has 2 N–H and O–H groups in total. The normalized spacial score (nSPS) is 31.6. The second-order valence-electron chi connectivity index (χ2n) is 7.51. The minimum Gasteiger partial charge on any atom is -0.481 e. The predicted molar refractivity (Wildman–Crippen MR) is 99.7 cm³/mol. The summed E-state index contributed by atoms with van der Waals surface area (Å²) in [6, 6.07) is 0. The van der Waals surface area contributed by atoms with Crippen LogP contribution in [0.15, 0.2) is 48.1 Å². The summed E-state index contributed by atoms with van der Waals surface area (Å²) in [6.45, 7) is 5.68. The minimum absolute atomic E-state index is 0.0297. The molecule has 5 atom stereocenters. The van der Waals surface area contributed by atoms with Crippen LogP contribution in [-0.2, 0) is 19.1 Å². The number of carboxylic acid groups (broad SMARTS) is 1. The van der Waals surface area contributed by atoms with Crippen LogP contribution < -0.4 is 0 Å². The molecule has 2 aliphatic rings. The summed E-state index contributed by atoms with van der Waals surface area (Å²) in [5, 5.41) is 18.6. The molecule has 0 aliphatic heterocycles. The maximum Gasteiger partial charge on any atom is 0.331 e. The average molecular weight is 374 g/mol. The van der Waals surface area contributed by atoms with E-state index in [0.29, 0.717) is 6.42 Å². The SMILES string of the molecule is CC(C=CC=CC(=O)OC1C=CC2=CC(=O)C(O)CC2(C)C1C)CC(=O)O. The first kappa shape index (κ1) is 20.8. The first-order chi connectivity index (χ1) is 12.6. The molecule has 6 nitrogen and oxygen atoms in total. The number of esters is 1. The van der Waals surface area contributed by atoms with Crippen molar-refractivity contribution in [3.8, 4) is 0 Å². The van der Waals surface area contributed by atoms with Crippen molar-refractivity contribution < 1.29 is 29.3 Å². The van der Waals surface area contributed by atoms with Crippen molar-refractivity contribution in [1.29, 1.82) is 0 Å². The third kappa shape index (κ3) is 5.04. The van der Waals surface area contributed by atoms with Gasteiger partial charge in [-0.25, -0.2) is 4.79 Å². The summed E-state index contributed by atoms with van der Waals surface area (Å²) in [5.74, 6) is -1.89. The van der Waals surface area contributed by atoms with Gasteiger partial charge in [-0.1, -0.05) is 45.1 Å². The highest BCUT2D eigenvalue weighted by atomic mass is 16.5. The van der Waals surface area contributed by atoms with Gasteiger partial charge in [0.1, 0.15) is 12.2 Å². The highest BCUT2D eigenvalue weighted by Crippen LogP contribution is 2.48. The third-order valence-corrected chi connectivity index (χ3v) is 5.40. The molecule has 146 valence electrons. The Balaban J connectivity index is 1.99. The number of aliphatic hydroxyl groups is 1. The molecule has 0 fully saturated rings. The number of rotatable bonds is 6. The number of carboxylic acids is 1. The van der Waals surface area contributed by atoms with Gasteiger partial charge in [0.05, 0.1) is 6.42 Å². The van der Waals surface area contributed by atoms with E-state index < -0.39 is 29.6 Å². The third-order valence-electron chi connectivity index (χ3n) is 5.40. The summed E-state index contributed by atoms with van der Waals surface area (Å²) in [4.78, 5) is 34.4. The molecule has 0 saturated carbocycles. The van der Waals surface area contributed by atoms with Crippen molar-refractivity contribution in [2.45, 2.75) is 45.8 Å². The van der Waals surface area contributed by atoms with Crippen molar-refractivity contribution in [2.24, 2.45) is 17.3 Å². The lowest BCUT2D eigenvalue weighted by Crippen LogP contribution is -2.45. The lowest BCUT2D eigenvalue weighted by atomic mass is 9.61. The van der Waals surface area contributed by atoms with Crippen LogP contribution in [0, 0.1) is 17.3 Å². The van der Waals surface area contributed by atoms with Crippen LogP contribution in [0.2, 0.25) is 0 Å². The number of ether oxygens (including phenoxy) is 1. The van der Waals surface area contributed by atoms with E-state index >= 15 is 0 Å². The fourth-order valence-electron chi connectivity index (χ4n) is 3.50. The van der Waals surface area contributed by atoms with Crippen molar-refractivity contribution in [3.63, 3.8) is 0 Å².